The SMILES string of the molecule is C=C(C)C(=O)O.CC(C)(C)CC(=O)OC1=NCCS1. The van der Waals surface area contributed by atoms with Crippen molar-refractivity contribution in [2.75, 3.05) is 12.3 Å². The lowest BCUT2D eigenvalue weighted by molar-refractivity contribution is -0.137. The summed E-state index contributed by atoms with van der Waals surface area (Å²) in [6, 6.07) is 0. The second-order valence-corrected chi connectivity index (χ2v) is 6.34. The number of hydrogen-bond acceptors (Lipinski definition) is 5. The van der Waals surface area contributed by atoms with Gasteiger partial charge in [-0.25, -0.2) is 9.79 Å². The third kappa shape index (κ3) is 10.3. The predicted octanol–water partition coefficient (Wildman–Crippen LogP) is 2.72. The van der Waals surface area contributed by atoms with Gasteiger partial charge >= 0.3 is 11.9 Å². The maximum Gasteiger partial charge on any atom is 0.330 e. The molecule has 5 nitrogen and oxygen atoms in total. The van der Waals surface area contributed by atoms with E-state index in [0.717, 1.165) is 12.3 Å². The lowest BCUT2D eigenvalue weighted by Gasteiger charge is -2.15. The first-order valence-corrected chi connectivity index (χ1v) is 6.87. The number of aliphatic carboxylic acids is 1. The molecule has 1 aliphatic heterocycles. The summed E-state index contributed by atoms with van der Waals surface area (Å²) in [6.45, 7) is 11.4. The molecule has 0 aliphatic carbocycles. The Morgan fingerprint density at radius 2 is 2.00 bits per heavy atom. The summed E-state index contributed by atoms with van der Waals surface area (Å²) in [5.41, 5.74) is 0.163. The number of hydrogen-bond donors (Lipinski definition) is 1. The standard InChI is InChI=1S/C9H15NO2S.C4H6O2/c1-9(2,3)6-7(11)12-8-10-4-5-13-8;1-3(2)4(5)6/h4-6H2,1-3H3;1H2,2H3,(H,5,6). The van der Waals surface area contributed by atoms with Crippen molar-refractivity contribution < 1.29 is 19.4 Å². The highest BCUT2D eigenvalue weighted by Crippen LogP contribution is 2.20. The molecular weight excluding hydrogens is 266 g/mol. The van der Waals surface area contributed by atoms with Crippen LogP contribution in [0.4, 0.5) is 0 Å². The van der Waals surface area contributed by atoms with Crippen LogP contribution in [-0.2, 0) is 14.3 Å². The highest BCUT2D eigenvalue weighted by atomic mass is 32.2. The fraction of sp³-hybridized carbons (Fsp3) is 0.615. The van der Waals surface area contributed by atoms with E-state index in [4.69, 9.17) is 9.84 Å². The molecule has 0 aromatic heterocycles. The molecule has 0 unspecified atom stereocenters. The van der Waals surface area contributed by atoms with E-state index in [2.05, 4.69) is 11.6 Å². The van der Waals surface area contributed by atoms with Crippen LogP contribution < -0.4 is 0 Å². The largest absolute Gasteiger partial charge is 0.478 e. The van der Waals surface area contributed by atoms with Crippen molar-refractivity contribution in [3.05, 3.63) is 12.2 Å². The van der Waals surface area contributed by atoms with Crippen molar-refractivity contribution in [2.45, 2.75) is 34.1 Å². The highest BCUT2D eigenvalue weighted by Gasteiger charge is 2.20. The molecular formula is C13H21NO4S. The quantitative estimate of drug-likeness (QED) is 0.624. The molecule has 0 amide bonds. The van der Waals surface area contributed by atoms with Crippen molar-refractivity contribution in [2.24, 2.45) is 10.4 Å². The highest BCUT2D eigenvalue weighted by molar-refractivity contribution is 8.13. The number of rotatable bonds is 2. The van der Waals surface area contributed by atoms with E-state index < -0.39 is 5.97 Å². The number of carboxylic acid groups (broad SMARTS) is 1. The summed E-state index contributed by atoms with van der Waals surface area (Å²) in [6.07, 6.45) is 0.437. The molecule has 1 heterocycles. The van der Waals surface area contributed by atoms with Crippen molar-refractivity contribution >= 4 is 28.9 Å². The number of carboxylic acids is 1. The Hall–Kier alpha value is -1.30. The summed E-state index contributed by atoms with van der Waals surface area (Å²) in [5, 5.41) is 8.43. The Morgan fingerprint density at radius 1 is 1.47 bits per heavy atom. The number of esters is 1. The molecule has 0 saturated heterocycles. The van der Waals surface area contributed by atoms with E-state index in [1.165, 1.54) is 18.7 Å². The molecule has 1 aliphatic rings. The van der Waals surface area contributed by atoms with E-state index >= 15 is 0 Å². The van der Waals surface area contributed by atoms with Crippen molar-refractivity contribution in [1.82, 2.24) is 0 Å². The molecule has 0 bridgehead atoms. The molecule has 0 atom stereocenters. The van der Waals surface area contributed by atoms with Gasteiger partial charge in [0.2, 0.25) is 0 Å². The molecule has 1 rings (SSSR count). The van der Waals surface area contributed by atoms with E-state index in [1.54, 1.807) is 0 Å². The summed E-state index contributed by atoms with van der Waals surface area (Å²) in [5.74, 6) is -0.186. The lowest BCUT2D eigenvalue weighted by atomic mass is 9.93. The zero-order valence-electron chi connectivity index (χ0n) is 11.9. The van der Waals surface area contributed by atoms with Crippen LogP contribution in [0.25, 0.3) is 0 Å². The van der Waals surface area contributed by atoms with Crippen LogP contribution in [0.5, 0.6) is 0 Å². The number of thioether (sulfide) groups is 1. The van der Waals surface area contributed by atoms with Gasteiger partial charge in [-0.2, -0.15) is 0 Å². The zero-order valence-corrected chi connectivity index (χ0v) is 12.7. The van der Waals surface area contributed by atoms with Gasteiger partial charge in [0, 0.05) is 11.3 Å². The second kappa shape index (κ2) is 7.99. The van der Waals surface area contributed by atoms with Gasteiger partial charge in [0.25, 0.3) is 5.23 Å². The van der Waals surface area contributed by atoms with Gasteiger partial charge in [0.05, 0.1) is 13.0 Å². The van der Waals surface area contributed by atoms with Gasteiger partial charge in [-0.05, 0) is 12.3 Å². The third-order valence-electron chi connectivity index (χ3n) is 1.80. The maximum absolute atomic E-state index is 11.3. The summed E-state index contributed by atoms with van der Waals surface area (Å²) >= 11 is 1.50. The average Bonchev–Trinajstić information content (AvgIpc) is 2.67. The van der Waals surface area contributed by atoms with Crippen LogP contribution in [0.1, 0.15) is 34.1 Å². The number of carbonyl (C=O) groups is 2. The lowest BCUT2D eigenvalue weighted by Crippen LogP contribution is -2.16. The predicted molar refractivity (Wildman–Crippen MR) is 77.4 cm³/mol. The molecule has 108 valence electrons. The molecule has 0 saturated carbocycles. The van der Waals surface area contributed by atoms with Crippen LogP contribution in [0.3, 0.4) is 0 Å². The summed E-state index contributed by atoms with van der Waals surface area (Å²) < 4.78 is 5.06. The molecule has 0 aromatic carbocycles. The van der Waals surface area contributed by atoms with Gasteiger partial charge in [0.1, 0.15) is 0 Å². The van der Waals surface area contributed by atoms with Gasteiger partial charge in [-0.3, -0.25) is 4.79 Å². The van der Waals surface area contributed by atoms with E-state index in [9.17, 15) is 9.59 Å². The molecule has 0 spiro atoms. The van der Waals surface area contributed by atoms with Crippen LogP contribution in [-0.4, -0.2) is 34.6 Å². The topological polar surface area (TPSA) is 76.0 Å². The fourth-order valence-electron chi connectivity index (χ4n) is 0.944. The fourth-order valence-corrected chi connectivity index (χ4v) is 1.64. The Balaban J connectivity index is 0.000000459. The molecule has 6 heteroatoms. The molecule has 1 N–H and O–H groups in total. The van der Waals surface area contributed by atoms with Crippen molar-refractivity contribution in [3.63, 3.8) is 0 Å². The summed E-state index contributed by atoms with van der Waals surface area (Å²) in [7, 11) is 0. The minimum absolute atomic E-state index is 0.0130. The molecule has 0 radical (unpaired) electrons. The third-order valence-corrected chi connectivity index (χ3v) is 2.64. The van der Waals surface area contributed by atoms with Gasteiger partial charge < -0.3 is 9.84 Å². The Kier molecular flexibility index (Phi) is 7.44. The first kappa shape index (κ1) is 17.7. The molecule has 19 heavy (non-hydrogen) atoms. The first-order chi connectivity index (χ1) is 8.61. The first-order valence-electron chi connectivity index (χ1n) is 5.88. The number of carbonyl (C=O) groups excluding carboxylic acids is 1. The second-order valence-electron chi connectivity index (χ2n) is 5.29. The normalized spacial score (nSPS) is 14.0. The minimum Gasteiger partial charge on any atom is -0.478 e. The number of ether oxygens (including phenoxy) is 1. The maximum atomic E-state index is 11.3. The van der Waals surface area contributed by atoms with E-state index in [0.29, 0.717) is 11.7 Å². The zero-order chi connectivity index (χ0) is 15.1. The van der Waals surface area contributed by atoms with Gasteiger partial charge in [-0.1, -0.05) is 39.1 Å². The Bertz CT molecular complexity index is 371. The van der Waals surface area contributed by atoms with Crippen molar-refractivity contribution in [1.29, 1.82) is 0 Å². The minimum atomic E-state index is -0.935. The van der Waals surface area contributed by atoms with Crippen LogP contribution in [0, 0.1) is 5.41 Å². The molecule has 0 aromatic rings. The smallest absolute Gasteiger partial charge is 0.330 e. The Labute approximate surface area is 118 Å². The number of nitrogens with zero attached hydrogens (tertiary/aromatic N) is 1. The van der Waals surface area contributed by atoms with Crippen molar-refractivity contribution in [3.8, 4) is 0 Å². The monoisotopic (exact) mass is 287 g/mol. The van der Waals surface area contributed by atoms with Crippen LogP contribution >= 0.6 is 11.8 Å². The average molecular weight is 287 g/mol. The molecule has 0 fully saturated rings. The van der Waals surface area contributed by atoms with Gasteiger partial charge in [0.15, 0.2) is 0 Å². The Morgan fingerprint density at radius 3 is 2.32 bits per heavy atom. The van der Waals surface area contributed by atoms with Crippen LogP contribution in [0.15, 0.2) is 17.1 Å². The van der Waals surface area contributed by atoms with E-state index in [1.807, 2.05) is 20.8 Å². The number of aliphatic imine (C=N–C) groups is 1. The van der Waals surface area contributed by atoms with Crippen LogP contribution in [0.2, 0.25) is 0 Å². The summed E-state index contributed by atoms with van der Waals surface area (Å²) in [4.78, 5) is 24.9. The van der Waals surface area contributed by atoms with Gasteiger partial charge in [-0.15, -0.1) is 0 Å². The van der Waals surface area contributed by atoms with E-state index in [-0.39, 0.29) is 17.0 Å².